The average molecular weight is 204 g/mol. The van der Waals surface area contributed by atoms with E-state index in [9.17, 15) is 4.79 Å². The quantitative estimate of drug-likeness (QED) is 0.781. The van der Waals surface area contributed by atoms with Crippen LogP contribution in [0.25, 0.3) is 0 Å². The molecule has 0 amide bonds. The molecule has 1 aromatic heterocycles. The molecule has 1 aromatic carbocycles. The summed E-state index contributed by atoms with van der Waals surface area (Å²) in [7, 11) is 0. The molecule has 1 heterocycles. The van der Waals surface area contributed by atoms with Crippen molar-refractivity contribution in [3.8, 4) is 0 Å². The Bertz CT molecular complexity index is 425. The van der Waals surface area contributed by atoms with Crippen LogP contribution in [0.15, 0.2) is 35.7 Å². The summed E-state index contributed by atoms with van der Waals surface area (Å²) in [6, 6.07) is 9.72. The van der Waals surface area contributed by atoms with Gasteiger partial charge in [0.2, 0.25) is 0 Å². The molecule has 0 bridgehead atoms. The smallest absolute Gasteiger partial charge is 0.187 e. The SMILES string of the molecule is O=Cc1csc(Nc2ccccc2)n1. The fraction of sp³-hybridized carbons (Fsp3) is 0. The number of hydrogen-bond donors (Lipinski definition) is 1. The lowest BCUT2D eigenvalue weighted by molar-refractivity contribution is 0.111. The molecule has 0 aliphatic carbocycles. The number of nitrogens with zero attached hydrogens (tertiary/aromatic N) is 1. The lowest BCUT2D eigenvalue weighted by Crippen LogP contribution is -1.89. The summed E-state index contributed by atoms with van der Waals surface area (Å²) >= 11 is 1.42. The maximum Gasteiger partial charge on any atom is 0.187 e. The summed E-state index contributed by atoms with van der Waals surface area (Å²) in [6.07, 6.45) is 0.743. The summed E-state index contributed by atoms with van der Waals surface area (Å²) < 4.78 is 0. The molecule has 0 saturated carbocycles. The number of thiazole rings is 1. The largest absolute Gasteiger partial charge is 0.332 e. The van der Waals surface area contributed by atoms with Crippen LogP contribution in [0.5, 0.6) is 0 Å². The lowest BCUT2D eigenvalue weighted by atomic mass is 10.3. The molecule has 4 heteroatoms. The van der Waals surface area contributed by atoms with Gasteiger partial charge in [-0.2, -0.15) is 0 Å². The van der Waals surface area contributed by atoms with Crippen molar-refractivity contribution in [3.63, 3.8) is 0 Å². The highest BCUT2D eigenvalue weighted by Crippen LogP contribution is 2.19. The topological polar surface area (TPSA) is 42.0 Å². The van der Waals surface area contributed by atoms with Gasteiger partial charge in [-0.25, -0.2) is 4.98 Å². The molecule has 14 heavy (non-hydrogen) atoms. The summed E-state index contributed by atoms with van der Waals surface area (Å²) in [5, 5.41) is 5.56. The van der Waals surface area contributed by atoms with Crippen LogP contribution in [0.4, 0.5) is 10.8 Å². The van der Waals surface area contributed by atoms with E-state index < -0.39 is 0 Å². The number of carbonyl (C=O) groups excluding carboxylic acids is 1. The van der Waals surface area contributed by atoms with Gasteiger partial charge in [-0.05, 0) is 12.1 Å². The molecule has 0 saturated heterocycles. The molecule has 2 rings (SSSR count). The number of nitrogens with one attached hydrogen (secondary N) is 1. The molecule has 0 aliphatic rings. The van der Waals surface area contributed by atoms with Crippen molar-refractivity contribution in [2.24, 2.45) is 0 Å². The Kier molecular flexibility index (Phi) is 2.55. The van der Waals surface area contributed by atoms with Gasteiger partial charge in [-0.1, -0.05) is 18.2 Å². The van der Waals surface area contributed by atoms with E-state index in [2.05, 4.69) is 10.3 Å². The number of benzene rings is 1. The fourth-order valence-corrected chi connectivity index (χ4v) is 1.72. The van der Waals surface area contributed by atoms with Gasteiger partial charge in [0.05, 0.1) is 0 Å². The fourth-order valence-electron chi connectivity index (χ4n) is 1.04. The van der Waals surface area contributed by atoms with Crippen LogP contribution in [0.1, 0.15) is 10.5 Å². The molecule has 2 aromatic rings. The van der Waals surface area contributed by atoms with E-state index in [1.807, 2.05) is 30.3 Å². The maximum absolute atomic E-state index is 10.4. The number of para-hydroxylation sites is 1. The van der Waals surface area contributed by atoms with E-state index in [-0.39, 0.29) is 0 Å². The summed E-state index contributed by atoms with van der Waals surface area (Å²) in [6.45, 7) is 0. The Morgan fingerprint density at radius 3 is 2.71 bits per heavy atom. The zero-order valence-electron chi connectivity index (χ0n) is 7.31. The molecular formula is C10H8N2OS. The van der Waals surface area contributed by atoms with Crippen molar-refractivity contribution in [1.29, 1.82) is 0 Å². The van der Waals surface area contributed by atoms with Gasteiger partial charge < -0.3 is 5.32 Å². The number of rotatable bonds is 3. The molecule has 70 valence electrons. The first-order chi connectivity index (χ1) is 6.88. The first kappa shape index (κ1) is 8.90. The van der Waals surface area contributed by atoms with Crippen molar-refractivity contribution in [1.82, 2.24) is 4.98 Å². The van der Waals surface area contributed by atoms with E-state index in [1.54, 1.807) is 5.38 Å². The zero-order chi connectivity index (χ0) is 9.80. The van der Waals surface area contributed by atoms with Crippen LogP contribution in [0, 0.1) is 0 Å². The van der Waals surface area contributed by atoms with Crippen molar-refractivity contribution >= 4 is 28.4 Å². The lowest BCUT2D eigenvalue weighted by Gasteiger charge is -1.99. The first-order valence-corrected chi connectivity index (χ1v) is 4.99. The molecule has 0 aliphatic heterocycles. The maximum atomic E-state index is 10.4. The van der Waals surface area contributed by atoms with Crippen molar-refractivity contribution in [2.45, 2.75) is 0 Å². The number of anilines is 2. The van der Waals surface area contributed by atoms with Crippen LogP contribution in [0.3, 0.4) is 0 Å². The second-order valence-corrected chi connectivity index (χ2v) is 3.54. The van der Waals surface area contributed by atoms with Crippen molar-refractivity contribution < 1.29 is 4.79 Å². The first-order valence-electron chi connectivity index (χ1n) is 4.11. The van der Waals surface area contributed by atoms with Crippen LogP contribution in [0.2, 0.25) is 0 Å². The number of aldehydes is 1. The monoisotopic (exact) mass is 204 g/mol. The minimum atomic E-state index is 0.466. The highest BCUT2D eigenvalue weighted by atomic mass is 32.1. The Hall–Kier alpha value is -1.68. The molecule has 1 N–H and O–H groups in total. The highest BCUT2D eigenvalue weighted by Gasteiger charge is 1.99. The molecule has 0 unspecified atom stereocenters. The third-order valence-electron chi connectivity index (χ3n) is 1.67. The second-order valence-electron chi connectivity index (χ2n) is 2.69. The molecule has 0 atom stereocenters. The molecular weight excluding hydrogens is 196 g/mol. The van der Waals surface area contributed by atoms with Crippen molar-refractivity contribution in [3.05, 3.63) is 41.4 Å². The molecule has 0 spiro atoms. The summed E-state index contributed by atoms with van der Waals surface area (Å²) in [4.78, 5) is 14.5. The molecule has 0 fully saturated rings. The van der Waals surface area contributed by atoms with Gasteiger partial charge in [-0.3, -0.25) is 4.79 Å². The second kappa shape index (κ2) is 4.02. The van der Waals surface area contributed by atoms with E-state index in [1.165, 1.54) is 11.3 Å². The minimum Gasteiger partial charge on any atom is -0.332 e. The van der Waals surface area contributed by atoms with Crippen LogP contribution >= 0.6 is 11.3 Å². The minimum absolute atomic E-state index is 0.466. The van der Waals surface area contributed by atoms with Gasteiger partial charge in [0.1, 0.15) is 5.69 Å². The summed E-state index contributed by atoms with van der Waals surface area (Å²) in [5.41, 5.74) is 1.44. The zero-order valence-corrected chi connectivity index (χ0v) is 8.12. The number of aromatic nitrogens is 1. The van der Waals surface area contributed by atoms with Gasteiger partial charge in [0, 0.05) is 11.1 Å². The number of hydrogen-bond acceptors (Lipinski definition) is 4. The van der Waals surface area contributed by atoms with Gasteiger partial charge in [0.25, 0.3) is 0 Å². The molecule has 0 radical (unpaired) electrons. The Balaban J connectivity index is 2.15. The third kappa shape index (κ3) is 1.97. The van der Waals surface area contributed by atoms with E-state index >= 15 is 0 Å². The highest BCUT2D eigenvalue weighted by molar-refractivity contribution is 7.13. The predicted octanol–water partition coefficient (Wildman–Crippen LogP) is 2.70. The van der Waals surface area contributed by atoms with E-state index in [0.717, 1.165) is 17.1 Å². The normalized spacial score (nSPS) is 9.71. The van der Waals surface area contributed by atoms with Crippen LogP contribution < -0.4 is 5.32 Å². The van der Waals surface area contributed by atoms with Gasteiger partial charge in [0.15, 0.2) is 11.4 Å². The average Bonchev–Trinajstić information content (AvgIpc) is 2.67. The van der Waals surface area contributed by atoms with Crippen LogP contribution in [-0.2, 0) is 0 Å². The Labute approximate surface area is 85.4 Å². The van der Waals surface area contributed by atoms with Crippen LogP contribution in [-0.4, -0.2) is 11.3 Å². The number of carbonyl (C=O) groups is 1. The van der Waals surface area contributed by atoms with E-state index in [0.29, 0.717) is 5.69 Å². The standard InChI is InChI=1S/C10H8N2OS/c13-6-9-7-14-10(12-9)11-8-4-2-1-3-5-8/h1-7H,(H,11,12). The Morgan fingerprint density at radius 2 is 2.07 bits per heavy atom. The van der Waals surface area contributed by atoms with Gasteiger partial charge in [-0.15, -0.1) is 11.3 Å². The molecule has 3 nitrogen and oxygen atoms in total. The van der Waals surface area contributed by atoms with E-state index in [4.69, 9.17) is 0 Å². The van der Waals surface area contributed by atoms with Crippen molar-refractivity contribution in [2.75, 3.05) is 5.32 Å². The summed E-state index contributed by atoms with van der Waals surface area (Å²) in [5.74, 6) is 0. The van der Waals surface area contributed by atoms with Gasteiger partial charge >= 0.3 is 0 Å². The predicted molar refractivity (Wildman–Crippen MR) is 57.2 cm³/mol. The third-order valence-corrected chi connectivity index (χ3v) is 2.44. The Morgan fingerprint density at radius 1 is 1.29 bits per heavy atom.